The van der Waals surface area contributed by atoms with Gasteiger partial charge in [0, 0.05) is 38.2 Å². The summed E-state index contributed by atoms with van der Waals surface area (Å²) < 4.78 is 11.2. The predicted octanol–water partition coefficient (Wildman–Crippen LogP) is 5.36. The molecule has 6 nitrogen and oxygen atoms in total. The van der Waals surface area contributed by atoms with Gasteiger partial charge >= 0.3 is 6.09 Å². The first kappa shape index (κ1) is 25.8. The maximum Gasteiger partial charge on any atom is 0.410 e. The summed E-state index contributed by atoms with van der Waals surface area (Å²) in [6.45, 7) is 16.6. The van der Waals surface area contributed by atoms with Crippen LogP contribution in [-0.2, 0) is 16.1 Å². The van der Waals surface area contributed by atoms with Crippen LogP contribution in [0.4, 0.5) is 4.79 Å². The molecule has 0 fully saturated rings. The van der Waals surface area contributed by atoms with E-state index < -0.39 is 5.60 Å². The molecule has 0 N–H and O–H groups in total. The standard InChI is InChI=1S/C26H40N2O4/c1-19(2)16-27(25(30)32-26(5,6)7)13-12-24(29)28(17-20(3)4)18-21-10-11-23-22(15-21)9-8-14-31-23/h8-11,15,19-20H,12-14,16-18H2,1-7H3. The van der Waals surface area contributed by atoms with Gasteiger partial charge in [0.1, 0.15) is 18.0 Å². The summed E-state index contributed by atoms with van der Waals surface area (Å²) in [6, 6.07) is 6.07. The summed E-state index contributed by atoms with van der Waals surface area (Å²) in [5.41, 5.74) is 1.54. The van der Waals surface area contributed by atoms with E-state index >= 15 is 0 Å². The Morgan fingerprint density at radius 3 is 2.34 bits per heavy atom. The van der Waals surface area contributed by atoms with Gasteiger partial charge in [0.2, 0.25) is 5.91 Å². The molecule has 0 saturated heterocycles. The molecule has 0 saturated carbocycles. The quantitative estimate of drug-likeness (QED) is 0.514. The molecule has 0 bridgehead atoms. The lowest BCUT2D eigenvalue weighted by Gasteiger charge is -2.30. The van der Waals surface area contributed by atoms with Crippen molar-refractivity contribution in [3.05, 3.63) is 35.4 Å². The molecule has 1 heterocycles. The number of carbonyl (C=O) groups is 2. The van der Waals surface area contributed by atoms with Crippen LogP contribution in [0.25, 0.3) is 6.08 Å². The van der Waals surface area contributed by atoms with Crippen LogP contribution in [-0.4, -0.2) is 53.6 Å². The van der Waals surface area contributed by atoms with E-state index in [9.17, 15) is 9.59 Å². The maximum absolute atomic E-state index is 13.2. The van der Waals surface area contributed by atoms with Crippen LogP contribution >= 0.6 is 0 Å². The van der Waals surface area contributed by atoms with E-state index in [1.165, 1.54) is 0 Å². The van der Waals surface area contributed by atoms with Crippen molar-refractivity contribution in [2.24, 2.45) is 11.8 Å². The van der Waals surface area contributed by atoms with Crippen LogP contribution < -0.4 is 4.74 Å². The van der Waals surface area contributed by atoms with Gasteiger partial charge in [0.25, 0.3) is 0 Å². The molecule has 0 aliphatic carbocycles. The van der Waals surface area contributed by atoms with Gasteiger partial charge in [-0.3, -0.25) is 4.79 Å². The highest BCUT2D eigenvalue weighted by Gasteiger charge is 2.24. The molecule has 0 radical (unpaired) electrons. The fourth-order valence-electron chi connectivity index (χ4n) is 3.60. The molecule has 1 aliphatic heterocycles. The molecule has 1 aromatic rings. The zero-order valence-electron chi connectivity index (χ0n) is 20.8. The second kappa shape index (κ2) is 11.4. The number of hydrogen-bond donors (Lipinski definition) is 0. The van der Waals surface area contributed by atoms with Gasteiger partial charge in [-0.1, -0.05) is 39.8 Å². The molecule has 0 aromatic heterocycles. The second-order valence-electron chi connectivity index (χ2n) is 10.3. The van der Waals surface area contributed by atoms with E-state index in [0.717, 1.165) is 16.9 Å². The minimum absolute atomic E-state index is 0.0422. The maximum atomic E-state index is 13.2. The van der Waals surface area contributed by atoms with Crippen LogP contribution in [0.1, 0.15) is 66.0 Å². The van der Waals surface area contributed by atoms with E-state index in [2.05, 4.69) is 39.8 Å². The Bertz CT molecular complexity index is 809. The third kappa shape index (κ3) is 8.56. The third-order valence-electron chi connectivity index (χ3n) is 4.85. The highest BCUT2D eigenvalue weighted by Crippen LogP contribution is 2.25. The van der Waals surface area contributed by atoms with Crippen molar-refractivity contribution >= 4 is 18.1 Å². The SMILES string of the molecule is CC(C)CN(Cc1ccc2c(c1)C=CCO2)C(=O)CCN(CC(C)C)C(=O)OC(C)(C)C. The Kier molecular flexibility index (Phi) is 9.17. The van der Waals surface area contributed by atoms with E-state index in [0.29, 0.717) is 38.7 Å². The van der Waals surface area contributed by atoms with E-state index in [-0.39, 0.29) is 24.3 Å². The molecule has 0 unspecified atom stereocenters. The van der Waals surface area contributed by atoms with Gasteiger partial charge in [-0.2, -0.15) is 0 Å². The molecule has 1 aromatic carbocycles. The molecule has 6 heteroatoms. The van der Waals surface area contributed by atoms with Gasteiger partial charge in [-0.25, -0.2) is 4.79 Å². The highest BCUT2D eigenvalue weighted by atomic mass is 16.6. The van der Waals surface area contributed by atoms with Crippen molar-refractivity contribution < 1.29 is 19.1 Å². The van der Waals surface area contributed by atoms with Crippen LogP contribution in [0, 0.1) is 11.8 Å². The van der Waals surface area contributed by atoms with Gasteiger partial charge in [-0.05, 0) is 56.4 Å². The average molecular weight is 445 g/mol. The number of carbonyl (C=O) groups excluding carboxylic acids is 2. The molecular formula is C26H40N2O4. The van der Waals surface area contributed by atoms with E-state index in [1.54, 1.807) is 4.90 Å². The van der Waals surface area contributed by atoms with Crippen LogP contribution in [0.5, 0.6) is 5.75 Å². The third-order valence-corrected chi connectivity index (χ3v) is 4.85. The van der Waals surface area contributed by atoms with Crippen molar-refractivity contribution in [1.82, 2.24) is 9.80 Å². The predicted molar refractivity (Wildman–Crippen MR) is 128 cm³/mol. The minimum Gasteiger partial charge on any atom is -0.489 e. The van der Waals surface area contributed by atoms with Crippen LogP contribution in [0.15, 0.2) is 24.3 Å². The number of nitrogens with zero attached hydrogens (tertiary/aromatic N) is 2. The van der Waals surface area contributed by atoms with Crippen molar-refractivity contribution in [2.75, 3.05) is 26.2 Å². The molecule has 178 valence electrons. The molecule has 32 heavy (non-hydrogen) atoms. The summed E-state index contributed by atoms with van der Waals surface area (Å²) in [7, 11) is 0. The normalized spacial score (nSPS) is 13.0. The van der Waals surface area contributed by atoms with E-state index in [4.69, 9.17) is 9.47 Å². The first-order chi connectivity index (χ1) is 14.9. The molecule has 2 rings (SSSR count). The second-order valence-corrected chi connectivity index (χ2v) is 10.3. The lowest BCUT2D eigenvalue weighted by Crippen LogP contribution is -2.42. The lowest BCUT2D eigenvalue weighted by molar-refractivity contribution is -0.132. The molecule has 1 aliphatic rings. The van der Waals surface area contributed by atoms with Crippen molar-refractivity contribution in [1.29, 1.82) is 0 Å². The highest BCUT2D eigenvalue weighted by molar-refractivity contribution is 5.77. The molecule has 2 amide bonds. The number of fused-ring (bicyclic) bond motifs is 1. The Labute approximate surface area is 193 Å². The van der Waals surface area contributed by atoms with Gasteiger partial charge < -0.3 is 19.3 Å². The Balaban J connectivity index is 2.07. The van der Waals surface area contributed by atoms with Crippen molar-refractivity contribution in [2.45, 2.75) is 67.0 Å². The first-order valence-corrected chi connectivity index (χ1v) is 11.6. The summed E-state index contributed by atoms with van der Waals surface area (Å²) >= 11 is 0. The Morgan fingerprint density at radius 2 is 1.72 bits per heavy atom. The van der Waals surface area contributed by atoms with Crippen LogP contribution in [0.2, 0.25) is 0 Å². The minimum atomic E-state index is -0.565. The molecule has 0 spiro atoms. The van der Waals surface area contributed by atoms with Crippen molar-refractivity contribution in [3.8, 4) is 5.75 Å². The van der Waals surface area contributed by atoms with E-state index in [1.807, 2.05) is 43.9 Å². The fraction of sp³-hybridized carbons (Fsp3) is 0.615. The number of ether oxygens (including phenoxy) is 2. The topological polar surface area (TPSA) is 59.1 Å². The zero-order valence-corrected chi connectivity index (χ0v) is 20.8. The smallest absolute Gasteiger partial charge is 0.410 e. The summed E-state index contributed by atoms with van der Waals surface area (Å²) in [6.07, 6.45) is 3.95. The monoisotopic (exact) mass is 444 g/mol. The largest absolute Gasteiger partial charge is 0.489 e. The van der Waals surface area contributed by atoms with Gasteiger partial charge in [0.15, 0.2) is 0 Å². The molecular weight excluding hydrogens is 404 g/mol. The number of hydrogen-bond acceptors (Lipinski definition) is 4. The van der Waals surface area contributed by atoms with Crippen LogP contribution in [0.3, 0.4) is 0 Å². The fourth-order valence-corrected chi connectivity index (χ4v) is 3.60. The first-order valence-electron chi connectivity index (χ1n) is 11.6. The number of amides is 2. The average Bonchev–Trinajstić information content (AvgIpc) is 2.68. The van der Waals surface area contributed by atoms with Crippen molar-refractivity contribution in [3.63, 3.8) is 0 Å². The van der Waals surface area contributed by atoms with Gasteiger partial charge in [0.05, 0.1) is 0 Å². The number of rotatable bonds is 9. The summed E-state index contributed by atoms with van der Waals surface area (Å²) in [5, 5.41) is 0. The number of benzene rings is 1. The summed E-state index contributed by atoms with van der Waals surface area (Å²) in [5.74, 6) is 1.55. The zero-order chi connectivity index (χ0) is 23.9. The molecule has 0 atom stereocenters. The summed E-state index contributed by atoms with van der Waals surface area (Å²) in [4.78, 5) is 29.4. The Hall–Kier alpha value is -2.50. The Morgan fingerprint density at radius 1 is 1.06 bits per heavy atom. The van der Waals surface area contributed by atoms with Gasteiger partial charge in [-0.15, -0.1) is 0 Å². The lowest BCUT2D eigenvalue weighted by atomic mass is 10.1.